The molecule has 0 saturated carbocycles. The van der Waals surface area contributed by atoms with E-state index in [0.29, 0.717) is 0 Å². The zero-order valence-electron chi connectivity index (χ0n) is 8.03. The SMILES string of the molecule is CC(C)(C)SP(=S)(C(F)(F)F)C(F)(F)F. The summed E-state index contributed by atoms with van der Waals surface area (Å²) in [6.07, 6.45) is 0. The van der Waals surface area contributed by atoms with Crippen molar-refractivity contribution in [1.29, 1.82) is 0 Å². The Hall–Kier alpha value is 0.580. The van der Waals surface area contributed by atoms with E-state index in [9.17, 15) is 26.3 Å². The Morgan fingerprint density at radius 2 is 1.13 bits per heavy atom. The summed E-state index contributed by atoms with van der Waals surface area (Å²) in [4.78, 5) is 0. The lowest BCUT2D eigenvalue weighted by Gasteiger charge is -2.31. The number of alkyl halides is 6. The molecule has 0 N–H and O–H groups in total. The van der Waals surface area contributed by atoms with Crippen LogP contribution in [0.1, 0.15) is 20.8 Å². The first kappa shape index (κ1) is 15.6. The Balaban J connectivity index is 5.37. The Bertz CT molecular complexity index is 255. The molecule has 0 amide bonds. The first-order chi connectivity index (χ1) is 6.21. The lowest BCUT2D eigenvalue weighted by molar-refractivity contribution is -0.0803. The van der Waals surface area contributed by atoms with Crippen LogP contribution in [0.5, 0.6) is 0 Å². The molecule has 0 saturated heterocycles. The molecule has 0 aromatic carbocycles. The second-order valence-electron chi connectivity index (χ2n) is 3.69. The molecule has 0 rings (SSSR count). The van der Waals surface area contributed by atoms with Crippen molar-refractivity contribution in [1.82, 2.24) is 0 Å². The van der Waals surface area contributed by atoms with Crippen molar-refractivity contribution in [3.05, 3.63) is 0 Å². The van der Waals surface area contributed by atoms with Crippen molar-refractivity contribution in [2.24, 2.45) is 0 Å². The monoisotopic (exact) mass is 290 g/mol. The molecule has 0 bridgehead atoms. The van der Waals surface area contributed by atoms with Crippen LogP contribution in [0.25, 0.3) is 0 Å². The maximum absolute atomic E-state index is 12.3. The van der Waals surface area contributed by atoms with Gasteiger partial charge in [-0.2, -0.15) is 26.3 Å². The summed E-state index contributed by atoms with van der Waals surface area (Å²) in [7, 11) is 0. The van der Waals surface area contributed by atoms with Gasteiger partial charge < -0.3 is 0 Å². The highest BCUT2D eigenvalue weighted by Gasteiger charge is 2.65. The standard InChI is InChI=1S/C6H9F6PS2/c1-4(2,3)15-13(14,5(7,8)9)6(10,11)12/h1-3H3. The van der Waals surface area contributed by atoms with E-state index >= 15 is 0 Å². The molecule has 0 aromatic heterocycles. The van der Waals surface area contributed by atoms with Crippen LogP contribution < -0.4 is 0 Å². The fourth-order valence-electron chi connectivity index (χ4n) is 0.633. The van der Waals surface area contributed by atoms with Crippen LogP contribution >= 0.6 is 16.6 Å². The molecule has 0 spiro atoms. The molecule has 0 heterocycles. The summed E-state index contributed by atoms with van der Waals surface area (Å²) >= 11 is 3.64. The minimum Gasteiger partial charge on any atom is -0.165 e. The summed E-state index contributed by atoms with van der Waals surface area (Å²) < 4.78 is 72.8. The van der Waals surface area contributed by atoms with Crippen LogP contribution in [0.4, 0.5) is 26.3 Å². The van der Waals surface area contributed by atoms with E-state index in [1.165, 1.54) is 20.8 Å². The van der Waals surface area contributed by atoms with Crippen LogP contribution in [0.3, 0.4) is 0 Å². The van der Waals surface area contributed by atoms with Gasteiger partial charge in [0.05, 0.1) is 0 Å². The summed E-state index contributed by atoms with van der Waals surface area (Å²) in [5.74, 6) is -10.8. The fourth-order valence-corrected chi connectivity index (χ4v) is 6.85. The van der Waals surface area contributed by atoms with Crippen LogP contribution in [0.2, 0.25) is 0 Å². The molecular weight excluding hydrogens is 281 g/mol. The number of halogens is 6. The molecular formula is C6H9F6PS2. The van der Waals surface area contributed by atoms with Crippen LogP contribution in [-0.4, -0.2) is 16.6 Å². The molecule has 9 heteroatoms. The van der Waals surface area contributed by atoms with Gasteiger partial charge in [-0.3, -0.25) is 0 Å². The normalized spacial score (nSPS) is 15.5. The maximum Gasteiger partial charge on any atom is 0.431 e. The highest BCUT2D eigenvalue weighted by Crippen LogP contribution is 2.81. The predicted molar refractivity (Wildman–Crippen MR) is 53.7 cm³/mol. The zero-order chi connectivity index (χ0) is 12.7. The van der Waals surface area contributed by atoms with Crippen molar-refractivity contribution in [3.8, 4) is 0 Å². The van der Waals surface area contributed by atoms with Crippen LogP contribution in [0, 0.1) is 0 Å². The fraction of sp³-hybridized carbons (Fsp3) is 1.00. The Morgan fingerprint density at radius 1 is 0.867 bits per heavy atom. The van der Waals surface area contributed by atoms with Gasteiger partial charge in [0.25, 0.3) is 0 Å². The number of hydrogen-bond donors (Lipinski definition) is 0. The van der Waals surface area contributed by atoms with Crippen molar-refractivity contribution < 1.29 is 26.3 Å². The van der Waals surface area contributed by atoms with Crippen molar-refractivity contribution in [2.45, 2.75) is 37.4 Å². The van der Waals surface area contributed by atoms with Gasteiger partial charge in [-0.25, -0.2) is 0 Å². The van der Waals surface area contributed by atoms with E-state index in [4.69, 9.17) is 0 Å². The number of hydrogen-bond acceptors (Lipinski definition) is 2. The predicted octanol–water partition coefficient (Wildman–Crippen LogP) is 4.95. The zero-order valence-corrected chi connectivity index (χ0v) is 10.6. The molecule has 0 aliphatic carbocycles. The molecule has 0 unspecified atom stereocenters. The third-order valence-electron chi connectivity index (χ3n) is 1.07. The molecule has 0 radical (unpaired) electrons. The van der Waals surface area contributed by atoms with E-state index in [2.05, 4.69) is 11.8 Å². The summed E-state index contributed by atoms with van der Waals surface area (Å²) in [5, 5.41) is -5.46. The lowest BCUT2D eigenvalue weighted by atomic mass is 10.3. The molecule has 0 nitrogen and oxygen atoms in total. The first-order valence-electron chi connectivity index (χ1n) is 3.65. The molecule has 0 aromatic rings. The highest BCUT2D eigenvalue weighted by molar-refractivity contribution is 8.71. The van der Waals surface area contributed by atoms with Gasteiger partial charge in [-0.1, -0.05) is 32.6 Å². The van der Waals surface area contributed by atoms with E-state index in [1.807, 2.05) is 0 Å². The summed E-state index contributed by atoms with van der Waals surface area (Å²) in [6, 6.07) is 0. The molecule has 15 heavy (non-hydrogen) atoms. The number of rotatable bonds is 1. The van der Waals surface area contributed by atoms with E-state index in [-0.39, 0.29) is 11.4 Å². The smallest absolute Gasteiger partial charge is 0.165 e. The highest BCUT2D eigenvalue weighted by atomic mass is 32.9. The molecule has 0 aliphatic rings. The van der Waals surface area contributed by atoms with Crippen molar-refractivity contribution in [2.75, 3.05) is 0 Å². The second kappa shape index (κ2) is 4.11. The van der Waals surface area contributed by atoms with E-state index < -0.39 is 21.8 Å². The average Bonchev–Trinajstić information content (AvgIpc) is 1.77. The van der Waals surface area contributed by atoms with Crippen molar-refractivity contribution >= 4 is 28.4 Å². The Labute approximate surface area is 92.5 Å². The summed E-state index contributed by atoms with van der Waals surface area (Å²) in [5.41, 5.74) is 0. The average molecular weight is 290 g/mol. The van der Waals surface area contributed by atoms with Gasteiger partial charge in [0.15, 0.2) is 0 Å². The minimum absolute atomic E-state index is 0.206. The molecule has 0 atom stereocenters. The Kier molecular flexibility index (Phi) is 4.27. The Morgan fingerprint density at radius 3 is 1.20 bits per heavy atom. The van der Waals surface area contributed by atoms with Gasteiger partial charge in [-0.05, 0) is 0 Å². The summed E-state index contributed by atoms with van der Waals surface area (Å²) in [6.45, 7) is 3.82. The van der Waals surface area contributed by atoms with Crippen LogP contribution in [-0.2, 0) is 11.8 Å². The van der Waals surface area contributed by atoms with Gasteiger partial charge in [0.2, 0.25) is 5.24 Å². The lowest BCUT2D eigenvalue weighted by Crippen LogP contribution is -2.23. The van der Waals surface area contributed by atoms with E-state index in [0.717, 1.165) is 0 Å². The molecule has 0 aliphatic heterocycles. The van der Waals surface area contributed by atoms with E-state index in [1.54, 1.807) is 0 Å². The van der Waals surface area contributed by atoms with Gasteiger partial charge in [-0.15, -0.1) is 11.4 Å². The topological polar surface area (TPSA) is 0 Å². The quantitative estimate of drug-likeness (QED) is 0.495. The van der Waals surface area contributed by atoms with Gasteiger partial charge >= 0.3 is 11.8 Å². The third-order valence-corrected chi connectivity index (χ3v) is 8.78. The maximum atomic E-state index is 12.3. The van der Waals surface area contributed by atoms with Gasteiger partial charge in [0.1, 0.15) is 0 Å². The molecule has 92 valence electrons. The molecule has 0 fully saturated rings. The van der Waals surface area contributed by atoms with Gasteiger partial charge in [0, 0.05) is 4.75 Å². The minimum atomic E-state index is -5.46. The second-order valence-corrected chi connectivity index (χ2v) is 11.7. The third kappa shape index (κ3) is 3.82. The van der Waals surface area contributed by atoms with Crippen LogP contribution in [0.15, 0.2) is 0 Å². The first-order valence-corrected chi connectivity index (χ1v) is 7.87. The largest absolute Gasteiger partial charge is 0.431 e. The van der Waals surface area contributed by atoms with Crippen molar-refractivity contribution in [3.63, 3.8) is 0 Å².